The number of rotatable bonds is 6. The maximum Gasteiger partial charge on any atom is 0.0674 e. The van der Waals surface area contributed by atoms with E-state index in [-0.39, 0.29) is 0 Å². The summed E-state index contributed by atoms with van der Waals surface area (Å²) in [5.74, 6) is 0. The van der Waals surface area contributed by atoms with Gasteiger partial charge >= 0.3 is 0 Å². The molecule has 1 fully saturated rings. The summed E-state index contributed by atoms with van der Waals surface area (Å²) >= 11 is 0. The van der Waals surface area contributed by atoms with Gasteiger partial charge < -0.3 is 10.1 Å². The van der Waals surface area contributed by atoms with Crippen LogP contribution >= 0.6 is 0 Å². The average molecular weight is 276 g/mol. The largest absolute Gasteiger partial charge is 0.376 e. The minimum absolute atomic E-state index is 0.347. The molecule has 1 heterocycles. The van der Waals surface area contributed by atoms with Gasteiger partial charge in [0, 0.05) is 19.1 Å². The minimum Gasteiger partial charge on any atom is -0.376 e. The van der Waals surface area contributed by atoms with Crippen LogP contribution in [0.1, 0.15) is 31.9 Å². The first-order valence-electron chi connectivity index (χ1n) is 7.83. The Morgan fingerprint density at radius 3 is 2.75 bits per heavy atom. The van der Waals surface area contributed by atoms with Crippen LogP contribution in [-0.2, 0) is 17.7 Å². The molecule has 1 aliphatic heterocycles. The van der Waals surface area contributed by atoms with Gasteiger partial charge in [-0.05, 0) is 44.5 Å². The number of likely N-dealkylation sites (N-methyl/N-ethyl adjacent to an activating group) is 1. The van der Waals surface area contributed by atoms with E-state index >= 15 is 0 Å². The van der Waals surface area contributed by atoms with Gasteiger partial charge in [0.15, 0.2) is 0 Å². The maximum absolute atomic E-state index is 5.72. The summed E-state index contributed by atoms with van der Waals surface area (Å²) in [7, 11) is 0. The number of nitrogens with one attached hydrogen (secondary N) is 1. The van der Waals surface area contributed by atoms with Crippen molar-refractivity contribution in [3.63, 3.8) is 0 Å². The maximum atomic E-state index is 5.72. The monoisotopic (exact) mass is 276 g/mol. The molecule has 112 valence electrons. The fourth-order valence-corrected chi connectivity index (χ4v) is 2.77. The van der Waals surface area contributed by atoms with E-state index in [9.17, 15) is 0 Å². The number of hydrogen-bond acceptors (Lipinski definition) is 3. The first-order valence-corrected chi connectivity index (χ1v) is 7.83. The summed E-state index contributed by atoms with van der Waals surface area (Å²) in [6.07, 6.45) is 1.46. The van der Waals surface area contributed by atoms with Gasteiger partial charge in [0.2, 0.25) is 0 Å². The fourth-order valence-electron chi connectivity index (χ4n) is 2.77. The lowest BCUT2D eigenvalue weighted by molar-refractivity contribution is -0.0527. The molecule has 0 aromatic heterocycles. The molecular weight excluding hydrogens is 248 g/mol. The zero-order chi connectivity index (χ0) is 14.4. The predicted octanol–water partition coefficient (Wildman–Crippen LogP) is 2.45. The van der Waals surface area contributed by atoms with Crippen molar-refractivity contribution in [1.82, 2.24) is 10.2 Å². The van der Waals surface area contributed by atoms with Crippen LogP contribution in [0.4, 0.5) is 0 Å². The van der Waals surface area contributed by atoms with Crippen molar-refractivity contribution in [2.24, 2.45) is 0 Å². The van der Waals surface area contributed by atoms with E-state index < -0.39 is 0 Å². The van der Waals surface area contributed by atoms with E-state index in [1.54, 1.807) is 0 Å². The third-order valence-corrected chi connectivity index (χ3v) is 4.05. The average Bonchev–Trinajstić information content (AvgIpc) is 2.45. The van der Waals surface area contributed by atoms with Crippen molar-refractivity contribution in [3.8, 4) is 0 Å². The van der Waals surface area contributed by atoms with Gasteiger partial charge in [0.05, 0.1) is 12.7 Å². The Hall–Kier alpha value is -0.900. The summed E-state index contributed by atoms with van der Waals surface area (Å²) in [5, 5.41) is 3.41. The quantitative estimate of drug-likeness (QED) is 0.808. The van der Waals surface area contributed by atoms with Gasteiger partial charge in [-0.1, -0.05) is 31.2 Å². The number of ether oxygens (including phenoxy) is 1. The van der Waals surface area contributed by atoms with E-state index in [0.717, 1.165) is 39.2 Å². The van der Waals surface area contributed by atoms with E-state index in [1.165, 1.54) is 11.1 Å². The van der Waals surface area contributed by atoms with Gasteiger partial charge in [-0.2, -0.15) is 0 Å². The van der Waals surface area contributed by atoms with E-state index in [1.807, 2.05) is 0 Å². The molecule has 0 radical (unpaired) electrons. The topological polar surface area (TPSA) is 24.5 Å². The molecule has 0 saturated carbocycles. The van der Waals surface area contributed by atoms with E-state index in [4.69, 9.17) is 4.74 Å². The normalized spacial score (nSPS) is 23.9. The molecular formula is C17H28N2O. The zero-order valence-electron chi connectivity index (χ0n) is 13.1. The Morgan fingerprint density at radius 2 is 2.00 bits per heavy atom. The first-order chi connectivity index (χ1) is 9.70. The van der Waals surface area contributed by atoms with Crippen LogP contribution in [0.5, 0.6) is 0 Å². The molecule has 1 N–H and O–H groups in total. The molecule has 0 amide bonds. The van der Waals surface area contributed by atoms with Crippen molar-refractivity contribution >= 4 is 0 Å². The van der Waals surface area contributed by atoms with Crippen molar-refractivity contribution in [2.75, 3.05) is 26.2 Å². The van der Waals surface area contributed by atoms with Crippen LogP contribution in [0.3, 0.4) is 0 Å². The van der Waals surface area contributed by atoms with Crippen LogP contribution in [0.25, 0.3) is 0 Å². The van der Waals surface area contributed by atoms with E-state index in [2.05, 4.69) is 55.3 Å². The number of morpholine rings is 1. The van der Waals surface area contributed by atoms with Crippen LogP contribution in [0, 0.1) is 0 Å². The number of benzene rings is 1. The second kappa shape index (κ2) is 7.77. The first kappa shape index (κ1) is 15.5. The SMILES string of the molecule is CCNCCc1ccccc1CN1CC(C)OCC1C. The zero-order valence-corrected chi connectivity index (χ0v) is 13.1. The smallest absolute Gasteiger partial charge is 0.0674 e. The molecule has 2 rings (SSSR count). The highest BCUT2D eigenvalue weighted by atomic mass is 16.5. The van der Waals surface area contributed by atoms with Crippen molar-refractivity contribution in [3.05, 3.63) is 35.4 Å². The Balaban J connectivity index is 2.00. The van der Waals surface area contributed by atoms with Crippen LogP contribution in [0.15, 0.2) is 24.3 Å². The van der Waals surface area contributed by atoms with E-state index in [0.29, 0.717) is 12.1 Å². The van der Waals surface area contributed by atoms with Crippen LogP contribution in [-0.4, -0.2) is 43.3 Å². The molecule has 3 heteroatoms. The lowest BCUT2D eigenvalue weighted by Crippen LogP contribution is -2.46. The number of hydrogen-bond donors (Lipinski definition) is 1. The van der Waals surface area contributed by atoms with Crippen molar-refractivity contribution < 1.29 is 4.74 Å². The van der Waals surface area contributed by atoms with Gasteiger partial charge in [-0.15, -0.1) is 0 Å². The molecule has 1 aliphatic rings. The minimum atomic E-state index is 0.347. The molecule has 2 unspecified atom stereocenters. The molecule has 20 heavy (non-hydrogen) atoms. The number of nitrogens with zero attached hydrogens (tertiary/aromatic N) is 1. The molecule has 0 spiro atoms. The summed E-state index contributed by atoms with van der Waals surface area (Å²) in [6.45, 7) is 11.6. The molecule has 1 aromatic carbocycles. The summed E-state index contributed by atoms with van der Waals surface area (Å²) in [4.78, 5) is 2.54. The lowest BCUT2D eigenvalue weighted by atomic mass is 10.0. The third kappa shape index (κ3) is 4.30. The third-order valence-electron chi connectivity index (χ3n) is 4.05. The van der Waals surface area contributed by atoms with Crippen LogP contribution < -0.4 is 5.32 Å². The van der Waals surface area contributed by atoms with Gasteiger partial charge in [-0.3, -0.25) is 4.90 Å². The molecule has 1 saturated heterocycles. The molecule has 0 bridgehead atoms. The highest BCUT2D eigenvalue weighted by Crippen LogP contribution is 2.18. The second-order valence-electron chi connectivity index (χ2n) is 5.79. The van der Waals surface area contributed by atoms with Gasteiger partial charge in [0.1, 0.15) is 0 Å². The van der Waals surface area contributed by atoms with Crippen molar-refractivity contribution in [2.45, 2.75) is 45.9 Å². The Labute approximate surface area is 123 Å². The second-order valence-corrected chi connectivity index (χ2v) is 5.79. The highest BCUT2D eigenvalue weighted by molar-refractivity contribution is 5.27. The van der Waals surface area contributed by atoms with Crippen LogP contribution in [0.2, 0.25) is 0 Å². The van der Waals surface area contributed by atoms with Gasteiger partial charge in [0.25, 0.3) is 0 Å². The Morgan fingerprint density at radius 1 is 1.25 bits per heavy atom. The lowest BCUT2D eigenvalue weighted by Gasteiger charge is -2.37. The van der Waals surface area contributed by atoms with Crippen molar-refractivity contribution in [1.29, 1.82) is 0 Å². The Bertz CT molecular complexity index is 408. The molecule has 1 aromatic rings. The molecule has 2 atom stereocenters. The summed E-state index contributed by atoms with van der Waals surface area (Å²) < 4.78 is 5.72. The molecule has 0 aliphatic carbocycles. The predicted molar refractivity (Wildman–Crippen MR) is 84.0 cm³/mol. The highest BCUT2D eigenvalue weighted by Gasteiger charge is 2.23. The van der Waals surface area contributed by atoms with Gasteiger partial charge in [-0.25, -0.2) is 0 Å². The Kier molecular flexibility index (Phi) is 6.02. The standard InChI is InChI=1S/C17H28N2O/c1-4-18-10-9-16-7-5-6-8-17(16)12-19-11-15(3)20-13-14(19)2/h5-8,14-15,18H,4,9-13H2,1-3H3. The summed E-state index contributed by atoms with van der Waals surface area (Å²) in [5.41, 5.74) is 2.94. The summed E-state index contributed by atoms with van der Waals surface area (Å²) in [6, 6.07) is 9.35. The fraction of sp³-hybridized carbons (Fsp3) is 0.647. The molecule has 3 nitrogen and oxygen atoms in total.